The van der Waals surface area contributed by atoms with E-state index in [-0.39, 0.29) is 16.6 Å². The molecule has 0 fully saturated rings. The lowest BCUT2D eigenvalue weighted by Gasteiger charge is -2.27. The van der Waals surface area contributed by atoms with Gasteiger partial charge in [0.2, 0.25) is 5.69 Å². The van der Waals surface area contributed by atoms with Crippen LogP contribution in [-0.4, -0.2) is 39.3 Å². The van der Waals surface area contributed by atoms with Crippen LogP contribution in [0.1, 0.15) is 98.6 Å². The second-order valence-corrected chi connectivity index (χ2v) is 11.1. The summed E-state index contributed by atoms with van der Waals surface area (Å²) in [4.78, 5) is 2.53. The molecule has 4 heteroatoms. The largest absolute Gasteiger partial charge is 0.410 e. The Hall–Kier alpha value is -0.605. The van der Waals surface area contributed by atoms with Gasteiger partial charge >= 0.3 is 5.67 Å². The Morgan fingerprint density at radius 3 is 1.86 bits per heavy atom. The highest BCUT2D eigenvalue weighted by atomic mass is 79.9. The zero-order chi connectivity index (χ0) is 21.4. The van der Waals surface area contributed by atoms with Crippen LogP contribution in [0.5, 0.6) is 0 Å². The topological polar surface area (TPSA) is 6.25 Å². The molecule has 0 N–H and O–H groups in total. The fourth-order valence-corrected chi connectivity index (χ4v) is 6.62. The summed E-state index contributed by atoms with van der Waals surface area (Å²) in [5.41, 5.74) is 6.36. The number of hydrogen-bond donors (Lipinski definition) is 0. The molecule has 2 rings (SSSR count). The normalized spacial score (nSPS) is 18.6. The lowest BCUT2D eigenvalue weighted by atomic mass is 9.67. The molecule has 1 aromatic rings. The van der Waals surface area contributed by atoms with Crippen molar-refractivity contribution in [3.8, 4) is 0 Å². The van der Waals surface area contributed by atoms with E-state index in [9.17, 15) is 0 Å². The van der Waals surface area contributed by atoms with E-state index in [0.29, 0.717) is 11.8 Å². The molecule has 1 heterocycles. The predicted octanol–water partition coefficient (Wildman–Crippen LogP) is 6.99. The molecule has 0 amide bonds. The Balaban J connectivity index is 2.93. The van der Waals surface area contributed by atoms with E-state index in [2.05, 4.69) is 113 Å². The summed E-state index contributed by atoms with van der Waals surface area (Å²) in [7, 11) is 0. The molecule has 0 radical (unpaired) electrons. The first-order valence-corrected chi connectivity index (χ1v) is 12.0. The molecule has 1 aliphatic rings. The minimum atomic E-state index is 0.0760. The zero-order valence-corrected chi connectivity index (χ0v) is 21.4. The van der Waals surface area contributed by atoms with Crippen molar-refractivity contribution < 1.29 is 4.58 Å². The zero-order valence-electron chi connectivity index (χ0n) is 19.9. The van der Waals surface area contributed by atoms with Crippen LogP contribution >= 0.6 is 15.8 Å². The average molecular weight is 448 g/mol. The van der Waals surface area contributed by atoms with Gasteiger partial charge in [0.15, 0.2) is 11.1 Å². The third-order valence-corrected chi connectivity index (χ3v) is 7.35. The van der Waals surface area contributed by atoms with Crippen LogP contribution in [0.15, 0.2) is 18.2 Å². The van der Waals surface area contributed by atoms with Crippen LogP contribution in [0.2, 0.25) is 0 Å². The second kappa shape index (κ2) is 8.64. The summed E-state index contributed by atoms with van der Waals surface area (Å²) in [6.45, 7) is 25.6. The van der Waals surface area contributed by atoms with E-state index in [1.165, 1.54) is 22.4 Å². The van der Waals surface area contributed by atoms with Gasteiger partial charge in [0.05, 0.1) is 0 Å². The maximum atomic E-state index is 4.13. The molecule has 0 spiro atoms. The van der Waals surface area contributed by atoms with E-state index >= 15 is 0 Å². The van der Waals surface area contributed by atoms with Crippen LogP contribution in [0.4, 0.5) is 5.69 Å². The second-order valence-electron chi connectivity index (χ2n) is 10.2. The van der Waals surface area contributed by atoms with Crippen molar-refractivity contribution in [3.05, 3.63) is 29.3 Å². The molecule has 0 saturated carbocycles. The van der Waals surface area contributed by atoms with Crippen molar-refractivity contribution in [2.45, 2.75) is 93.0 Å². The minimum absolute atomic E-state index is 0.0760. The maximum Gasteiger partial charge on any atom is 0.410 e. The van der Waals surface area contributed by atoms with E-state index in [0.717, 1.165) is 19.5 Å². The molecule has 156 valence electrons. The molecule has 28 heavy (non-hydrogen) atoms. The summed E-state index contributed by atoms with van der Waals surface area (Å²) < 4.78 is 2.72. The van der Waals surface area contributed by atoms with Crippen molar-refractivity contribution in [1.82, 2.24) is 4.81 Å². The number of benzene rings is 1. The van der Waals surface area contributed by atoms with Crippen molar-refractivity contribution >= 4 is 32.7 Å². The Labute approximate surface area is 182 Å². The standard InChI is InChI=1S/C24H41BBrN2/c1-11-27(12-2)25(26)22-23(7,8)16-24(9,10)28(22)21-19(17(3)4)14-13-15-20(21)18(5)6/h13-15,17-18H,11-12,16H2,1-10H3/q+1. The van der Waals surface area contributed by atoms with Crippen LogP contribution in [-0.2, 0) is 0 Å². The first kappa shape index (κ1) is 23.7. The van der Waals surface area contributed by atoms with E-state index in [1.807, 2.05) is 0 Å². The third-order valence-electron chi connectivity index (χ3n) is 6.34. The third kappa shape index (κ3) is 4.28. The van der Waals surface area contributed by atoms with E-state index in [4.69, 9.17) is 0 Å². The van der Waals surface area contributed by atoms with Gasteiger partial charge in [-0.15, -0.1) is 15.8 Å². The smallest absolute Gasteiger partial charge is 0.324 e. The fraction of sp³-hybridized carbons (Fsp3) is 0.708. The lowest BCUT2D eigenvalue weighted by molar-refractivity contribution is -0.515. The maximum absolute atomic E-state index is 4.13. The van der Waals surface area contributed by atoms with Crippen LogP contribution in [0.25, 0.3) is 0 Å². The highest BCUT2D eigenvalue weighted by Crippen LogP contribution is 2.47. The van der Waals surface area contributed by atoms with Gasteiger partial charge in [-0.2, -0.15) is 0 Å². The Kier molecular flexibility index (Phi) is 7.30. The predicted molar refractivity (Wildman–Crippen MR) is 130 cm³/mol. The van der Waals surface area contributed by atoms with Gasteiger partial charge in [0, 0.05) is 36.8 Å². The molecule has 0 aromatic heterocycles. The summed E-state index contributed by atoms with van der Waals surface area (Å²) in [6, 6.07) is 6.93. The molecular formula is C24H41BBrN2+. The first-order valence-electron chi connectivity index (χ1n) is 11.1. The number of para-hydroxylation sites is 1. The Morgan fingerprint density at radius 2 is 1.46 bits per heavy atom. The SMILES string of the molecule is CCN(CC)B(Br)C1=[N+](c2c(C(C)C)cccc2C(C)C)C(C)(C)CC1(C)C. The molecule has 0 bridgehead atoms. The summed E-state index contributed by atoms with van der Waals surface area (Å²) in [5.74, 6) is 0.994. The molecule has 0 saturated heterocycles. The van der Waals surface area contributed by atoms with Gasteiger partial charge in [0.1, 0.15) is 0 Å². The molecule has 2 nitrogen and oxygen atoms in total. The van der Waals surface area contributed by atoms with Gasteiger partial charge in [-0.3, -0.25) is 0 Å². The van der Waals surface area contributed by atoms with Gasteiger partial charge < -0.3 is 4.81 Å². The van der Waals surface area contributed by atoms with Crippen molar-refractivity contribution in [2.24, 2.45) is 5.41 Å². The number of nitrogens with zero attached hydrogens (tertiary/aromatic N) is 2. The fourth-order valence-electron chi connectivity index (χ4n) is 5.22. The Morgan fingerprint density at radius 1 is 1.00 bits per heavy atom. The number of hydrogen-bond acceptors (Lipinski definition) is 1. The number of rotatable bonds is 7. The monoisotopic (exact) mass is 447 g/mol. The van der Waals surface area contributed by atoms with Crippen LogP contribution in [0.3, 0.4) is 0 Å². The highest BCUT2D eigenvalue weighted by molar-refractivity contribution is 9.25. The van der Waals surface area contributed by atoms with Gasteiger partial charge in [-0.1, -0.05) is 73.6 Å². The van der Waals surface area contributed by atoms with Crippen LogP contribution < -0.4 is 0 Å². The Bertz CT molecular complexity index is 704. The summed E-state index contributed by atoms with van der Waals surface area (Å²) >= 11 is 4.13. The summed E-state index contributed by atoms with van der Waals surface area (Å²) in [6.07, 6.45) is 1.16. The molecule has 1 aliphatic heterocycles. The van der Waals surface area contributed by atoms with Crippen molar-refractivity contribution in [3.63, 3.8) is 0 Å². The van der Waals surface area contributed by atoms with Crippen molar-refractivity contribution in [1.29, 1.82) is 0 Å². The van der Waals surface area contributed by atoms with E-state index in [1.54, 1.807) is 0 Å². The number of halogens is 1. The van der Waals surface area contributed by atoms with Crippen LogP contribution in [0, 0.1) is 5.41 Å². The van der Waals surface area contributed by atoms with E-state index < -0.39 is 0 Å². The van der Waals surface area contributed by atoms with Crippen molar-refractivity contribution in [2.75, 3.05) is 13.1 Å². The minimum Gasteiger partial charge on any atom is -0.324 e. The highest BCUT2D eigenvalue weighted by Gasteiger charge is 2.57. The van der Waals surface area contributed by atoms with Gasteiger partial charge in [-0.25, -0.2) is 4.58 Å². The lowest BCUT2D eigenvalue weighted by Crippen LogP contribution is -2.48. The molecule has 0 aliphatic carbocycles. The first-order chi connectivity index (χ1) is 12.9. The molecule has 0 atom stereocenters. The van der Waals surface area contributed by atoms with Gasteiger partial charge in [-0.05, 0) is 24.9 Å². The molecule has 1 aromatic carbocycles. The molecule has 0 unspecified atom stereocenters. The van der Waals surface area contributed by atoms with Gasteiger partial charge in [0.25, 0.3) is 0 Å². The quantitative estimate of drug-likeness (QED) is 0.322. The average Bonchev–Trinajstić information content (AvgIpc) is 2.78. The summed E-state index contributed by atoms with van der Waals surface area (Å²) in [5, 5.41) is 0. The molecular weight excluding hydrogens is 407 g/mol.